The van der Waals surface area contributed by atoms with Gasteiger partial charge in [0.05, 0.1) is 15.6 Å². The van der Waals surface area contributed by atoms with E-state index in [-0.39, 0.29) is 5.91 Å². The molecule has 1 amide bonds. The largest absolute Gasteiger partial charge is 0.352 e. The van der Waals surface area contributed by atoms with Gasteiger partial charge >= 0.3 is 0 Å². The van der Waals surface area contributed by atoms with Crippen LogP contribution in [0.1, 0.15) is 15.9 Å². The number of hydrogen-bond acceptors (Lipinski definition) is 2. The first-order valence-corrected chi connectivity index (χ1v) is 8.61. The topological polar surface area (TPSA) is 42.0 Å². The van der Waals surface area contributed by atoms with Crippen LogP contribution >= 0.6 is 23.2 Å². The number of aromatic nitrogens is 1. The molecule has 25 heavy (non-hydrogen) atoms. The van der Waals surface area contributed by atoms with Crippen molar-refractivity contribution in [3.05, 3.63) is 88.2 Å². The molecule has 1 heterocycles. The SMILES string of the molecule is O=C(NCCc1ccc(-c2ccc(Cl)c(Cl)c2)cc1)c1cccnc1. The van der Waals surface area contributed by atoms with Gasteiger partial charge in [0, 0.05) is 18.9 Å². The van der Waals surface area contributed by atoms with E-state index >= 15 is 0 Å². The summed E-state index contributed by atoms with van der Waals surface area (Å²) in [4.78, 5) is 15.9. The lowest BCUT2D eigenvalue weighted by molar-refractivity contribution is 0.0954. The second-order valence-corrected chi connectivity index (χ2v) is 6.39. The number of carbonyl (C=O) groups excluding carboxylic acids is 1. The predicted octanol–water partition coefficient (Wildman–Crippen LogP) is 5.03. The summed E-state index contributed by atoms with van der Waals surface area (Å²) in [5.41, 5.74) is 3.81. The van der Waals surface area contributed by atoms with E-state index in [1.54, 1.807) is 30.6 Å². The van der Waals surface area contributed by atoms with Crippen molar-refractivity contribution in [3.63, 3.8) is 0 Å². The van der Waals surface area contributed by atoms with Crippen LogP contribution in [-0.4, -0.2) is 17.4 Å². The Balaban J connectivity index is 1.57. The predicted molar refractivity (Wildman–Crippen MR) is 102 cm³/mol. The minimum absolute atomic E-state index is 0.111. The van der Waals surface area contributed by atoms with Crippen molar-refractivity contribution in [1.29, 1.82) is 0 Å². The summed E-state index contributed by atoms with van der Waals surface area (Å²) < 4.78 is 0. The summed E-state index contributed by atoms with van der Waals surface area (Å²) in [5.74, 6) is -0.111. The van der Waals surface area contributed by atoms with Crippen LogP contribution in [0.15, 0.2) is 67.0 Å². The number of nitrogens with zero attached hydrogens (tertiary/aromatic N) is 1. The molecule has 0 unspecified atom stereocenters. The van der Waals surface area contributed by atoms with E-state index < -0.39 is 0 Å². The van der Waals surface area contributed by atoms with Gasteiger partial charge in [-0.05, 0) is 47.4 Å². The zero-order valence-electron chi connectivity index (χ0n) is 13.4. The third-order valence-corrected chi connectivity index (χ3v) is 4.57. The van der Waals surface area contributed by atoms with Crippen LogP contribution in [0, 0.1) is 0 Å². The van der Waals surface area contributed by atoms with Gasteiger partial charge in [0.15, 0.2) is 0 Å². The van der Waals surface area contributed by atoms with Crippen LogP contribution < -0.4 is 5.32 Å². The Hall–Kier alpha value is -2.36. The first kappa shape index (κ1) is 17.5. The van der Waals surface area contributed by atoms with Crippen LogP contribution in [0.3, 0.4) is 0 Å². The monoisotopic (exact) mass is 370 g/mol. The number of hydrogen-bond donors (Lipinski definition) is 1. The van der Waals surface area contributed by atoms with E-state index in [0.717, 1.165) is 23.1 Å². The Morgan fingerprint density at radius 1 is 0.960 bits per heavy atom. The third kappa shape index (κ3) is 4.59. The van der Waals surface area contributed by atoms with Crippen molar-refractivity contribution < 1.29 is 4.79 Å². The van der Waals surface area contributed by atoms with Crippen molar-refractivity contribution in [2.45, 2.75) is 6.42 Å². The highest BCUT2D eigenvalue weighted by Gasteiger charge is 2.05. The fourth-order valence-corrected chi connectivity index (χ4v) is 2.76. The number of benzene rings is 2. The zero-order valence-corrected chi connectivity index (χ0v) is 14.9. The lowest BCUT2D eigenvalue weighted by atomic mass is 10.0. The number of carbonyl (C=O) groups is 1. The van der Waals surface area contributed by atoms with Crippen molar-refractivity contribution >= 4 is 29.1 Å². The molecule has 0 spiro atoms. The van der Waals surface area contributed by atoms with Gasteiger partial charge in [0.2, 0.25) is 0 Å². The number of nitrogens with one attached hydrogen (secondary N) is 1. The third-order valence-electron chi connectivity index (χ3n) is 3.83. The Bertz CT molecular complexity index is 865. The molecular weight excluding hydrogens is 355 g/mol. The normalized spacial score (nSPS) is 10.5. The van der Waals surface area contributed by atoms with Crippen molar-refractivity contribution in [3.8, 4) is 11.1 Å². The van der Waals surface area contributed by atoms with Gasteiger partial charge in [-0.2, -0.15) is 0 Å². The molecule has 0 aliphatic carbocycles. The maximum atomic E-state index is 12.0. The van der Waals surface area contributed by atoms with Crippen molar-refractivity contribution in [1.82, 2.24) is 10.3 Å². The summed E-state index contributed by atoms with van der Waals surface area (Å²) in [6, 6.07) is 17.3. The van der Waals surface area contributed by atoms with E-state index in [1.165, 1.54) is 0 Å². The highest BCUT2D eigenvalue weighted by atomic mass is 35.5. The molecule has 1 N–H and O–H groups in total. The molecule has 0 fully saturated rings. The summed E-state index contributed by atoms with van der Waals surface area (Å²) >= 11 is 12.0. The molecule has 126 valence electrons. The average Bonchev–Trinajstić information content (AvgIpc) is 2.65. The van der Waals surface area contributed by atoms with Gasteiger partial charge in [-0.1, -0.05) is 53.5 Å². The molecular formula is C20H16Cl2N2O. The summed E-state index contributed by atoms with van der Waals surface area (Å²) in [6.45, 7) is 0.569. The Morgan fingerprint density at radius 3 is 2.40 bits per heavy atom. The van der Waals surface area contributed by atoms with Gasteiger partial charge in [0.25, 0.3) is 5.91 Å². The highest BCUT2D eigenvalue weighted by molar-refractivity contribution is 6.42. The van der Waals surface area contributed by atoms with Gasteiger partial charge in [-0.25, -0.2) is 0 Å². The second kappa shape index (κ2) is 8.15. The quantitative estimate of drug-likeness (QED) is 0.684. The molecule has 0 aliphatic rings. The van der Waals surface area contributed by atoms with E-state index in [1.807, 2.05) is 36.4 Å². The van der Waals surface area contributed by atoms with Crippen molar-refractivity contribution in [2.75, 3.05) is 6.54 Å². The number of amides is 1. The lowest BCUT2D eigenvalue weighted by Gasteiger charge is -2.07. The lowest BCUT2D eigenvalue weighted by Crippen LogP contribution is -2.25. The standard InChI is InChI=1S/C20H16Cl2N2O/c21-18-8-7-16(12-19(18)22)15-5-3-14(4-6-15)9-11-24-20(25)17-2-1-10-23-13-17/h1-8,10,12-13H,9,11H2,(H,24,25). The van der Waals surface area contributed by atoms with Gasteiger partial charge < -0.3 is 5.32 Å². The molecule has 0 saturated heterocycles. The first-order valence-electron chi connectivity index (χ1n) is 7.86. The zero-order chi connectivity index (χ0) is 17.6. The van der Waals surface area contributed by atoms with Gasteiger partial charge in [-0.15, -0.1) is 0 Å². The minimum Gasteiger partial charge on any atom is -0.352 e. The van der Waals surface area contributed by atoms with Crippen LogP contribution in [-0.2, 0) is 6.42 Å². The average molecular weight is 371 g/mol. The molecule has 0 atom stereocenters. The van der Waals surface area contributed by atoms with Gasteiger partial charge in [-0.3, -0.25) is 9.78 Å². The fraction of sp³-hybridized carbons (Fsp3) is 0.100. The van der Waals surface area contributed by atoms with Gasteiger partial charge in [0.1, 0.15) is 0 Å². The van der Waals surface area contributed by atoms with E-state index in [2.05, 4.69) is 10.3 Å². The Kier molecular flexibility index (Phi) is 5.69. The first-order chi connectivity index (χ1) is 12.1. The molecule has 3 aromatic rings. The molecule has 0 saturated carbocycles. The number of pyridine rings is 1. The fourth-order valence-electron chi connectivity index (χ4n) is 2.46. The number of rotatable bonds is 5. The summed E-state index contributed by atoms with van der Waals surface area (Å²) in [6.07, 6.45) is 3.96. The van der Waals surface area contributed by atoms with Crippen molar-refractivity contribution in [2.24, 2.45) is 0 Å². The molecule has 2 aromatic carbocycles. The summed E-state index contributed by atoms with van der Waals surface area (Å²) in [5, 5.41) is 3.99. The number of halogens is 2. The van der Waals surface area contributed by atoms with Crippen LogP contribution in [0.2, 0.25) is 10.0 Å². The molecule has 5 heteroatoms. The summed E-state index contributed by atoms with van der Waals surface area (Å²) in [7, 11) is 0. The van der Waals surface area contributed by atoms with Crippen LogP contribution in [0.25, 0.3) is 11.1 Å². The van der Waals surface area contributed by atoms with Crippen LogP contribution in [0.4, 0.5) is 0 Å². The Morgan fingerprint density at radius 2 is 1.72 bits per heavy atom. The molecule has 1 aromatic heterocycles. The molecule has 3 nitrogen and oxygen atoms in total. The molecule has 0 bridgehead atoms. The van der Waals surface area contributed by atoms with E-state index in [0.29, 0.717) is 22.2 Å². The molecule has 3 rings (SSSR count). The smallest absolute Gasteiger partial charge is 0.252 e. The van der Waals surface area contributed by atoms with E-state index in [4.69, 9.17) is 23.2 Å². The molecule has 0 radical (unpaired) electrons. The van der Waals surface area contributed by atoms with Crippen LogP contribution in [0.5, 0.6) is 0 Å². The Labute approximate surface area is 156 Å². The van der Waals surface area contributed by atoms with E-state index in [9.17, 15) is 4.79 Å². The second-order valence-electron chi connectivity index (χ2n) is 5.57. The minimum atomic E-state index is -0.111. The molecule has 0 aliphatic heterocycles. The maximum Gasteiger partial charge on any atom is 0.252 e. The highest BCUT2D eigenvalue weighted by Crippen LogP contribution is 2.28. The maximum absolute atomic E-state index is 12.0.